The molecule has 0 unspecified atom stereocenters. The van der Waals surface area contributed by atoms with Crippen molar-refractivity contribution in [1.82, 2.24) is 4.98 Å². The molecule has 0 bridgehead atoms. The monoisotopic (exact) mass is 368 g/mol. The normalized spacial score (nSPS) is 10.7. The molecule has 0 radical (unpaired) electrons. The smallest absolute Gasteiger partial charge is 0.193 e. The number of benzene rings is 1. The summed E-state index contributed by atoms with van der Waals surface area (Å²) in [7, 11) is 0. The van der Waals surface area contributed by atoms with Crippen molar-refractivity contribution in [1.29, 1.82) is 0 Å². The van der Waals surface area contributed by atoms with E-state index in [-0.39, 0.29) is 24.0 Å². The van der Waals surface area contributed by atoms with E-state index in [4.69, 9.17) is 5.73 Å². The Morgan fingerprint density at radius 2 is 1.89 bits per heavy atom. The van der Waals surface area contributed by atoms with Gasteiger partial charge in [-0.2, -0.15) is 0 Å². The Balaban J connectivity index is 0.00000180. The maximum Gasteiger partial charge on any atom is 0.193 e. The molecule has 5 heteroatoms. The van der Waals surface area contributed by atoms with Crippen LogP contribution < -0.4 is 11.1 Å². The summed E-state index contributed by atoms with van der Waals surface area (Å²) in [5.74, 6) is 0.393. The number of guanidine groups is 1. The van der Waals surface area contributed by atoms with Gasteiger partial charge in [-0.15, -0.1) is 24.0 Å². The highest BCUT2D eigenvalue weighted by molar-refractivity contribution is 14.0. The van der Waals surface area contributed by atoms with Crippen molar-refractivity contribution in [3.8, 4) is 0 Å². The molecule has 2 aromatic rings. The molecule has 0 saturated carbocycles. The number of rotatable bonds is 3. The summed E-state index contributed by atoms with van der Waals surface area (Å²) >= 11 is 0. The van der Waals surface area contributed by atoms with E-state index >= 15 is 0 Å². The van der Waals surface area contributed by atoms with Crippen LogP contribution in [0, 0.1) is 6.92 Å². The molecule has 19 heavy (non-hydrogen) atoms. The molecule has 0 atom stereocenters. The molecular formula is C14H17IN4. The van der Waals surface area contributed by atoms with Gasteiger partial charge in [0, 0.05) is 11.4 Å². The summed E-state index contributed by atoms with van der Waals surface area (Å²) in [4.78, 5) is 8.61. The number of pyridine rings is 1. The van der Waals surface area contributed by atoms with E-state index in [0.717, 1.165) is 17.1 Å². The fourth-order valence-corrected chi connectivity index (χ4v) is 1.56. The molecule has 0 aliphatic rings. The predicted molar refractivity (Wildman–Crippen MR) is 89.8 cm³/mol. The number of nitrogens with zero attached hydrogens (tertiary/aromatic N) is 2. The van der Waals surface area contributed by atoms with Crippen LogP contribution in [0.25, 0.3) is 0 Å². The van der Waals surface area contributed by atoms with Crippen molar-refractivity contribution in [2.45, 2.75) is 13.5 Å². The standard InChI is InChI=1S/C14H16N4.HI/c1-11-6-5-9-13(17-11)10-16-14(15)18-12-7-3-2-4-8-12;/h2-9H,10H2,1H3,(H3,15,16,18);1H. The number of nitrogens with two attached hydrogens (primary N) is 1. The second kappa shape index (κ2) is 7.73. The van der Waals surface area contributed by atoms with Gasteiger partial charge in [-0.3, -0.25) is 4.98 Å². The minimum absolute atomic E-state index is 0. The molecule has 100 valence electrons. The van der Waals surface area contributed by atoms with Crippen molar-refractivity contribution in [3.63, 3.8) is 0 Å². The summed E-state index contributed by atoms with van der Waals surface area (Å²) in [5.41, 5.74) is 8.62. The third kappa shape index (κ3) is 5.25. The summed E-state index contributed by atoms with van der Waals surface area (Å²) in [6, 6.07) is 15.6. The summed E-state index contributed by atoms with van der Waals surface area (Å²) in [6.45, 7) is 2.44. The van der Waals surface area contributed by atoms with Gasteiger partial charge >= 0.3 is 0 Å². The minimum Gasteiger partial charge on any atom is -0.370 e. The lowest BCUT2D eigenvalue weighted by Gasteiger charge is -2.05. The van der Waals surface area contributed by atoms with Gasteiger partial charge in [0.05, 0.1) is 12.2 Å². The van der Waals surface area contributed by atoms with Gasteiger partial charge in [-0.25, -0.2) is 4.99 Å². The van der Waals surface area contributed by atoms with Crippen molar-refractivity contribution in [3.05, 3.63) is 59.9 Å². The number of aliphatic imine (C=N–C) groups is 1. The Labute approximate surface area is 130 Å². The molecule has 3 N–H and O–H groups in total. The molecule has 1 aromatic heterocycles. The van der Waals surface area contributed by atoms with Crippen molar-refractivity contribution in [2.75, 3.05) is 5.32 Å². The van der Waals surface area contributed by atoms with E-state index in [0.29, 0.717) is 12.5 Å². The fraction of sp³-hybridized carbons (Fsp3) is 0.143. The lowest BCUT2D eigenvalue weighted by atomic mass is 10.3. The van der Waals surface area contributed by atoms with Gasteiger partial charge in [0.25, 0.3) is 0 Å². The first-order valence-corrected chi connectivity index (χ1v) is 5.78. The van der Waals surface area contributed by atoms with Crippen molar-refractivity contribution < 1.29 is 0 Å². The highest BCUT2D eigenvalue weighted by Crippen LogP contribution is 2.04. The van der Waals surface area contributed by atoms with Gasteiger partial charge in [0.15, 0.2) is 5.96 Å². The average molecular weight is 368 g/mol. The Hall–Kier alpha value is -1.63. The molecule has 0 aliphatic heterocycles. The summed E-state index contributed by atoms with van der Waals surface area (Å²) in [6.07, 6.45) is 0. The lowest BCUT2D eigenvalue weighted by molar-refractivity contribution is 0.965. The van der Waals surface area contributed by atoms with E-state index in [2.05, 4.69) is 15.3 Å². The predicted octanol–water partition coefficient (Wildman–Crippen LogP) is 2.93. The zero-order chi connectivity index (χ0) is 12.8. The Bertz CT molecular complexity index is 540. The molecule has 1 heterocycles. The van der Waals surface area contributed by atoms with Crippen LogP contribution in [0.5, 0.6) is 0 Å². The van der Waals surface area contributed by atoms with E-state index in [9.17, 15) is 0 Å². The SMILES string of the molecule is Cc1cccc(CN=C(N)Nc2ccccc2)n1.I. The summed E-state index contributed by atoms with van der Waals surface area (Å²) < 4.78 is 0. The first kappa shape index (κ1) is 15.4. The largest absolute Gasteiger partial charge is 0.370 e. The average Bonchev–Trinajstić information content (AvgIpc) is 2.38. The van der Waals surface area contributed by atoms with E-state index in [1.54, 1.807) is 0 Å². The number of hydrogen-bond acceptors (Lipinski definition) is 2. The van der Waals surface area contributed by atoms with E-state index in [1.165, 1.54) is 0 Å². The highest BCUT2D eigenvalue weighted by atomic mass is 127. The van der Waals surface area contributed by atoms with Gasteiger partial charge in [-0.1, -0.05) is 24.3 Å². The number of nitrogens with one attached hydrogen (secondary N) is 1. The highest BCUT2D eigenvalue weighted by Gasteiger charge is 1.96. The third-order valence-corrected chi connectivity index (χ3v) is 2.40. The quantitative estimate of drug-likeness (QED) is 0.498. The number of aromatic nitrogens is 1. The molecule has 1 aromatic carbocycles. The van der Waals surface area contributed by atoms with Gasteiger partial charge < -0.3 is 11.1 Å². The van der Waals surface area contributed by atoms with Crippen LogP contribution in [0.4, 0.5) is 5.69 Å². The van der Waals surface area contributed by atoms with Crippen LogP contribution in [0.1, 0.15) is 11.4 Å². The van der Waals surface area contributed by atoms with Crippen LogP contribution in [0.2, 0.25) is 0 Å². The lowest BCUT2D eigenvalue weighted by Crippen LogP contribution is -2.22. The van der Waals surface area contributed by atoms with Gasteiger partial charge in [0.2, 0.25) is 0 Å². The van der Waals surface area contributed by atoms with Crippen LogP contribution >= 0.6 is 24.0 Å². The minimum atomic E-state index is 0. The molecule has 0 saturated heterocycles. The van der Waals surface area contributed by atoms with Gasteiger partial charge in [-0.05, 0) is 31.2 Å². The topological polar surface area (TPSA) is 63.3 Å². The zero-order valence-electron chi connectivity index (χ0n) is 10.7. The molecule has 0 fully saturated rings. The van der Waals surface area contributed by atoms with Crippen LogP contribution in [0.15, 0.2) is 53.5 Å². The second-order valence-electron chi connectivity index (χ2n) is 3.96. The summed E-state index contributed by atoms with van der Waals surface area (Å²) in [5, 5.41) is 3.03. The van der Waals surface area contributed by atoms with Crippen molar-refractivity contribution in [2.24, 2.45) is 10.7 Å². The van der Waals surface area contributed by atoms with Crippen LogP contribution in [-0.2, 0) is 6.54 Å². The third-order valence-electron chi connectivity index (χ3n) is 2.40. The van der Waals surface area contributed by atoms with E-state index in [1.807, 2.05) is 55.5 Å². The molecule has 4 nitrogen and oxygen atoms in total. The Kier molecular flexibility index (Phi) is 6.27. The van der Waals surface area contributed by atoms with Crippen LogP contribution in [-0.4, -0.2) is 10.9 Å². The molecular weight excluding hydrogens is 351 g/mol. The first-order valence-electron chi connectivity index (χ1n) is 5.78. The second-order valence-corrected chi connectivity index (χ2v) is 3.96. The van der Waals surface area contributed by atoms with Crippen molar-refractivity contribution >= 4 is 35.6 Å². The molecule has 2 rings (SSSR count). The molecule has 0 spiro atoms. The Morgan fingerprint density at radius 1 is 1.16 bits per heavy atom. The molecule has 0 aliphatic carbocycles. The number of aryl methyl sites for hydroxylation is 1. The van der Waals surface area contributed by atoms with E-state index < -0.39 is 0 Å². The maximum absolute atomic E-state index is 5.80. The number of anilines is 1. The number of halogens is 1. The van der Waals surface area contributed by atoms with Crippen LogP contribution in [0.3, 0.4) is 0 Å². The van der Waals surface area contributed by atoms with Gasteiger partial charge in [0.1, 0.15) is 0 Å². The maximum atomic E-state index is 5.80. The fourth-order valence-electron chi connectivity index (χ4n) is 1.56. The first-order chi connectivity index (χ1) is 8.74. The number of hydrogen-bond donors (Lipinski definition) is 2. The Morgan fingerprint density at radius 3 is 2.58 bits per heavy atom. The zero-order valence-corrected chi connectivity index (χ0v) is 13.0. The number of para-hydroxylation sites is 1. The molecule has 0 amide bonds.